The first-order valence-corrected chi connectivity index (χ1v) is 8.65. The third-order valence-corrected chi connectivity index (χ3v) is 4.54. The number of carbonyl (C=O) groups is 2. The summed E-state index contributed by atoms with van der Waals surface area (Å²) in [5.41, 5.74) is 3.84. The third kappa shape index (κ3) is 3.69. The Labute approximate surface area is 153 Å². The van der Waals surface area contributed by atoms with E-state index in [4.69, 9.17) is 4.74 Å². The summed E-state index contributed by atoms with van der Waals surface area (Å²) in [6.45, 7) is 4.84. The van der Waals surface area contributed by atoms with Crippen LogP contribution < -0.4 is 15.0 Å². The van der Waals surface area contributed by atoms with Gasteiger partial charge in [-0.05, 0) is 49.6 Å². The van der Waals surface area contributed by atoms with Gasteiger partial charge in [-0.2, -0.15) is 0 Å². The smallest absolute Gasteiger partial charge is 0.239 e. The third-order valence-electron chi connectivity index (χ3n) is 4.54. The van der Waals surface area contributed by atoms with Crippen LogP contribution in [0.15, 0.2) is 36.5 Å². The van der Waals surface area contributed by atoms with E-state index in [1.54, 1.807) is 17.2 Å². The van der Waals surface area contributed by atoms with Gasteiger partial charge in [0, 0.05) is 30.5 Å². The summed E-state index contributed by atoms with van der Waals surface area (Å²) in [5, 5.41) is 2.83. The lowest BCUT2D eigenvalue weighted by molar-refractivity contribution is -0.132. The van der Waals surface area contributed by atoms with Crippen LogP contribution in [0.25, 0.3) is 0 Å². The van der Waals surface area contributed by atoms with Crippen molar-refractivity contribution in [1.82, 2.24) is 10.3 Å². The molecule has 0 spiro atoms. The molecular formula is C20H23N3O3. The lowest BCUT2D eigenvalue weighted by Gasteiger charge is -2.18. The van der Waals surface area contributed by atoms with Crippen LogP contribution in [0.3, 0.4) is 0 Å². The molecular weight excluding hydrogens is 330 g/mol. The first kappa shape index (κ1) is 17.9. The summed E-state index contributed by atoms with van der Waals surface area (Å²) < 4.78 is 5.18. The number of carbonyl (C=O) groups excluding carboxylic acids is 2. The van der Waals surface area contributed by atoms with Crippen molar-refractivity contribution >= 4 is 17.5 Å². The molecule has 1 aliphatic heterocycles. The number of benzene rings is 1. The van der Waals surface area contributed by atoms with Crippen LogP contribution in [0.5, 0.6) is 5.88 Å². The van der Waals surface area contributed by atoms with Crippen molar-refractivity contribution < 1.29 is 14.3 Å². The number of methoxy groups -OCH3 is 1. The number of aryl methyl sites for hydroxylation is 2. The highest BCUT2D eigenvalue weighted by atomic mass is 16.5. The van der Waals surface area contributed by atoms with Crippen molar-refractivity contribution in [2.75, 3.05) is 18.6 Å². The molecule has 0 radical (unpaired) electrons. The van der Waals surface area contributed by atoms with Crippen LogP contribution in [0.1, 0.15) is 23.1 Å². The predicted molar refractivity (Wildman–Crippen MR) is 99.0 cm³/mol. The molecule has 1 fully saturated rings. The van der Waals surface area contributed by atoms with Crippen LogP contribution in [0.2, 0.25) is 0 Å². The molecule has 2 heterocycles. The normalized spacial score (nSPS) is 16.7. The molecule has 1 saturated heterocycles. The molecule has 1 N–H and O–H groups in total. The number of pyridine rings is 1. The van der Waals surface area contributed by atoms with E-state index < -0.39 is 5.92 Å². The summed E-state index contributed by atoms with van der Waals surface area (Å²) in [6, 6.07) is 9.64. The van der Waals surface area contributed by atoms with Gasteiger partial charge in [-0.25, -0.2) is 4.98 Å². The number of hydrogen-bond acceptors (Lipinski definition) is 4. The number of anilines is 1. The number of nitrogens with zero attached hydrogens (tertiary/aromatic N) is 2. The minimum absolute atomic E-state index is 0.148. The SMILES string of the molecule is COc1ncccc1CNC(=O)[C@@H]1CCN(c2cc(C)cc(C)c2)C1=O. The number of hydrogen-bond donors (Lipinski definition) is 1. The Morgan fingerprint density at radius 3 is 2.73 bits per heavy atom. The van der Waals surface area contributed by atoms with Crippen molar-refractivity contribution in [2.45, 2.75) is 26.8 Å². The molecule has 0 unspecified atom stereocenters. The number of aromatic nitrogens is 1. The number of nitrogens with one attached hydrogen (secondary N) is 1. The van der Waals surface area contributed by atoms with Crippen LogP contribution in [0, 0.1) is 19.8 Å². The first-order chi connectivity index (χ1) is 12.5. The van der Waals surface area contributed by atoms with Gasteiger partial charge in [-0.3, -0.25) is 9.59 Å². The zero-order valence-electron chi connectivity index (χ0n) is 15.3. The first-order valence-electron chi connectivity index (χ1n) is 8.65. The average molecular weight is 353 g/mol. The fourth-order valence-electron chi connectivity index (χ4n) is 3.33. The Morgan fingerprint density at radius 2 is 2.04 bits per heavy atom. The van der Waals surface area contributed by atoms with Crippen molar-refractivity contribution in [2.24, 2.45) is 5.92 Å². The molecule has 2 aromatic rings. The van der Waals surface area contributed by atoms with Gasteiger partial charge < -0.3 is 15.0 Å². The van der Waals surface area contributed by atoms with Crippen molar-refractivity contribution in [1.29, 1.82) is 0 Å². The molecule has 26 heavy (non-hydrogen) atoms. The van der Waals surface area contributed by atoms with Gasteiger partial charge in [0.25, 0.3) is 0 Å². The molecule has 0 bridgehead atoms. The van der Waals surface area contributed by atoms with E-state index in [9.17, 15) is 9.59 Å². The minimum atomic E-state index is -0.654. The highest BCUT2D eigenvalue weighted by molar-refractivity contribution is 6.09. The Balaban J connectivity index is 1.67. The fourth-order valence-corrected chi connectivity index (χ4v) is 3.33. The van der Waals surface area contributed by atoms with Gasteiger partial charge in [-0.15, -0.1) is 0 Å². The maximum Gasteiger partial charge on any atom is 0.239 e. The van der Waals surface area contributed by atoms with Crippen LogP contribution in [0.4, 0.5) is 5.69 Å². The Kier molecular flexibility index (Phi) is 5.21. The summed E-state index contributed by atoms with van der Waals surface area (Å²) in [5.74, 6) is -0.584. The molecule has 6 nitrogen and oxygen atoms in total. The molecule has 3 rings (SSSR count). The zero-order chi connectivity index (χ0) is 18.7. The maximum atomic E-state index is 12.7. The summed E-state index contributed by atoms with van der Waals surface area (Å²) in [6.07, 6.45) is 2.15. The van der Waals surface area contributed by atoms with Crippen LogP contribution >= 0.6 is 0 Å². The predicted octanol–water partition coefficient (Wildman–Crippen LogP) is 2.38. The monoisotopic (exact) mass is 353 g/mol. The van der Waals surface area contributed by atoms with Crippen LogP contribution in [-0.2, 0) is 16.1 Å². The lowest BCUT2D eigenvalue weighted by atomic mass is 10.1. The molecule has 1 aliphatic rings. The number of rotatable bonds is 5. The highest BCUT2D eigenvalue weighted by Gasteiger charge is 2.37. The zero-order valence-corrected chi connectivity index (χ0v) is 15.3. The van der Waals surface area contributed by atoms with Crippen molar-refractivity contribution in [3.63, 3.8) is 0 Å². The van der Waals surface area contributed by atoms with Gasteiger partial charge in [0.1, 0.15) is 5.92 Å². The van der Waals surface area contributed by atoms with Crippen molar-refractivity contribution in [3.05, 3.63) is 53.2 Å². The van der Waals surface area contributed by atoms with E-state index >= 15 is 0 Å². The van der Waals surface area contributed by atoms with E-state index in [-0.39, 0.29) is 18.4 Å². The molecule has 0 aliphatic carbocycles. The molecule has 0 saturated carbocycles. The fraction of sp³-hybridized carbons (Fsp3) is 0.350. The second-order valence-corrected chi connectivity index (χ2v) is 6.57. The molecule has 6 heteroatoms. The van der Waals surface area contributed by atoms with E-state index in [1.807, 2.05) is 32.0 Å². The van der Waals surface area contributed by atoms with Gasteiger partial charge in [-0.1, -0.05) is 12.1 Å². The molecule has 1 aromatic carbocycles. The Hall–Kier alpha value is -2.89. The molecule has 1 aromatic heterocycles. The molecule has 136 valence electrons. The second-order valence-electron chi connectivity index (χ2n) is 6.57. The second kappa shape index (κ2) is 7.56. The molecule has 2 amide bonds. The standard InChI is InChI=1S/C20H23N3O3/c1-13-9-14(2)11-16(10-13)23-8-6-17(20(23)25)18(24)22-12-15-5-4-7-21-19(15)26-3/h4-5,7,9-11,17H,6,8,12H2,1-3H3,(H,22,24)/t17-/m0/s1. The lowest BCUT2D eigenvalue weighted by Crippen LogP contribution is -2.36. The minimum Gasteiger partial charge on any atom is -0.481 e. The van der Waals surface area contributed by atoms with Crippen LogP contribution in [-0.4, -0.2) is 30.5 Å². The van der Waals surface area contributed by atoms with Gasteiger partial charge in [0.15, 0.2) is 0 Å². The van der Waals surface area contributed by atoms with Gasteiger partial charge in [0.05, 0.1) is 7.11 Å². The van der Waals surface area contributed by atoms with Gasteiger partial charge >= 0.3 is 0 Å². The largest absolute Gasteiger partial charge is 0.481 e. The van der Waals surface area contributed by atoms with Gasteiger partial charge in [0.2, 0.25) is 17.7 Å². The Morgan fingerprint density at radius 1 is 1.31 bits per heavy atom. The van der Waals surface area contributed by atoms with Crippen molar-refractivity contribution in [3.8, 4) is 5.88 Å². The summed E-state index contributed by atoms with van der Waals surface area (Å²) in [7, 11) is 1.54. The number of ether oxygens (including phenoxy) is 1. The topological polar surface area (TPSA) is 71.5 Å². The van der Waals surface area contributed by atoms with E-state index in [0.717, 1.165) is 22.4 Å². The quantitative estimate of drug-likeness (QED) is 0.838. The summed E-state index contributed by atoms with van der Waals surface area (Å²) in [4.78, 5) is 31.1. The average Bonchev–Trinajstić information content (AvgIpc) is 3.00. The molecule has 1 atom stereocenters. The maximum absolute atomic E-state index is 12.7. The van der Waals surface area contributed by atoms with E-state index in [2.05, 4.69) is 16.4 Å². The highest BCUT2D eigenvalue weighted by Crippen LogP contribution is 2.27. The van der Waals surface area contributed by atoms with E-state index in [0.29, 0.717) is 18.8 Å². The number of amides is 2. The van der Waals surface area contributed by atoms with E-state index in [1.165, 1.54) is 7.11 Å². The Bertz CT molecular complexity index is 815. The summed E-state index contributed by atoms with van der Waals surface area (Å²) >= 11 is 0.